The Morgan fingerprint density at radius 1 is 0.938 bits per heavy atom. The van der Waals surface area contributed by atoms with Gasteiger partial charge < -0.3 is 4.57 Å². The lowest BCUT2D eigenvalue weighted by molar-refractivity contribution is 0.0957. The lowest BCUT2D eigenvalue weighted by Gasteiger charge is -2.09. The number of hydrogen-bond donors (Lipinski definition) is 1. The van der Waals surface area contributed by atoms with Crippen LogP contribution in [0.15, 0.2) is 95.4 Å². The van der Waals surface area contributed by atoms with Crippen molar-refractivity contribution in [2.45, 2.75) is 6.54 Å². The van der Waals surface area contributed by atoms with Gasteiger partial charge in [-0.1, -0.05) is 90.5 Å². The van der Waals surface area contributed by atoms with E-state index in [4.69, 9.17) is 11.6 Å². The minimum atomic E-state index is -0.308. The Kier molecular flexibility index (Phi) is 5.90. The van der Waals surface area contributed by atoms with Crippen LogP contribution in [0, 0.1) is 0 Å². The van der Waals surface area contributed by atoms with Crippen LogP contribution in [-0.2, 0) is 6.54 Å². The van der Waals surface area contributed by atoms with Crippen LogP contribution in [-0.4, -0.2) is 10.5 Å². The van der Waals surface area contributed by atoms with E-state index >= 15 is 0 Å². The molecule has 0 aliphatic rings. The second-order valence-electron chi connectivity index (χ2n) is 7.14. The maximum Gasteiger partial charge on any atom is 0.283 e. The van der Waals surface area contributed by atoms with E-state index in [1.165, 1.54) is 22.7 Å². The van der Waals surface area contributed by atoms with Crippen LogP contribution in [0.4, 0.5) is 0 Å². The number of fused-ring (bicyclic) bond motifs is 1. The summed E-state index contributed by atoms with van der Waals surface area (Å²) in [6, 6.07) is 28.1. The molecule has 7 heteroatoms. The van der Waals surface area contributed by atoms with Crippen LogP contribution in [0.25, 0.3) is 21.3 Å². The number of thiazole rings is 1. The first-order chi connectivity index (χ1) is 15.7. The highest BCUT2D eigenvalue weighted by Crippen LogP contribution is 2.35. The van der Waals surface area contributed by atoms with Gasteiger partial charge in [-0.2, -0.15) is 0 Å². The Bertz CT molecular complexity index is 1450. The largest absolute Gasteiger partial charge is 0.311 e. The zero-order valence-electron chi connectivity index (χ0n) is 16.9. The normalized spacial score (nSPS) is 11.7. The summed E-state index contributed by atoms with van der Waals surface area (Å²) in [4.78, 5) is 14.0. The molecule has 1 amide bonds. The fraction of sp³-hybridized carbons (Fsp3) is 0.0400. The third kappa shape index (κ3) is 4.12. The molecule has 2 aromatic heterocycles. The van der Waals surface area contributed by atoms with Gasteiger partial charge in [0.25, 0.3) is 5.91 Å². The SMILES string of the molecule is O=C(N/N=c1\scc(-c2ccccc2)n1Cc1ccccc1)c1sc2ccccc2c1Cl. The molecule has 0 radical (unpaired) electrons. The number of carbonyl (C=O) groups excluding carboxylic acids is 1. The smallest absolute Gasteiger partial charge is 0.283 e. The second-order valence-corrected chi connectivity index (χ2v) is 9.40. The molecular weight excluding hydrogens is 458 g/mol. The maximum atomic E-state index is 12.9. The van der Waals surface area contributed by atoms with Crippen molar-refractivity contribution in [2.24, 2.45) is 5.10 Å². The van der Waals surface area contributed by atoms with Gasteiger partial charge in [0.1, 0.15) is 4.88 Å². The van der Waals surface area contributed by atoms with Crippen molar-refractivity contribution in [3.8, 4) is 11.3 Å². The Balaban J connectivity index is 1.51. The molecule has 3 aromatic carbocycles. The van der Waals surface area contributed by atoms with Crippen LogP contribution in [0.5, 0.6) is 0 Å². The fourth-order valence-corrected chi connectivity index (χ4v) is 5.76. The summed E-state index contributed by atoms with van der Waals surface area (Å²) in [6.07, 6.45) is 0. The van der Waals surface area contributed by atoms with E-state index in [-0.39, 0.29) is 5.91 Å². The Morgan fingerprint density at radius 2 is 1.62 bits per heavy atom. The number of aromatic nitrogens is 1. The number of nitrogens with zero attached hydrogens (tertiary/aromatic N) is 2. The van der Waals surface area contributed by atoms with Crippen LogP contribution in [0.3, 0.4) is 0 Å². The van der Waals surface area contributed by atoms with Crippen molar-refractivity contribution in [1.29, 1.82) is 0 Å². The second kappa shape index (κ2) is 9.12. The molecule has 0 fully saturated rings. The van der Waals surface area contributed by atoms with Crippen molar-refractivity contribution < 1.29 is 4.79 Å². The Hall–Kier alpha value is -3.19. The van der Waals surface area contributed by atoms with Crippen molar-refractivity contribution >= 4 is 50.3 Å². The van der Waals surface area contributed by atoms with Gasteiger partial charge in [-0.25, -0.2) is 5.43 Å². The number of rotatable bonds is 5. The minimum Gasteiger partial charge on any atom is -0.311 e. The summed E-state index contributed by atoms with van der Waals surface area (Å²) in [7, 11) is 0. The number of carbonyl (C=O) groups is 1. The summed E-state index contributed by atoms with van der Waals surface area (Å²) in [5.41, 5.74) is 6.01. The van der Waals surface area contributed by atoms with E-state index in [9.17, 15) is 4.79 Å². The van der Waals surface area contributed by atoms with Crippen molar-refractivity contribution in [1.82, 2.24) is 9.99 Å². The Morgan fingerprint density at radius 3 is 2.38 bits per heavy atom. The van der Waals surface area contributed by atoms with Gasteiger partial charge in [0.2, 0.25) is 4.80 Å². The fourth-order valence-electron chi connectivity index (χ4n) is 3.49. The van der Waals surface area contributed by atoms with E-state index in [2.05, 4.69) is 44.7 Å². The first-order valence-corrected chi connectivity index (χ1v) is 12.1. The molecule has 0 unspecified atom stereocenters. The predicted octanol–water partition coefficient (Wildman–Crippen LogP) is 6.38. The predicted molar refractivity (Wildman–Crippen MR) is 133 cm³/mol. The number of benzene rings is 3. The van der Waals surface area contributed by atoms with Crippen LogP contribution < -0.4 is 10.2 Å². The standard InChI is InChI=1S/C25H18ClN3OS2/c26-22-19-13-7-8-14-21(19)32-23(22)24(30)27-28-25-29(15-17-9-3-1-4-10-17)20(16-31-25)18-11-5-2-6-12-18/h1-14,16H,15H2,(H,27,30)/b28-25-. The molecule has 0 saturated heterocycles. The summed E-state index contributed by atoms with van der Waals surface area (Å²) >= 11 is 9.32. The number of hydrogen-bond acceptors (Lipinski definition) is 4. The molecule has 0 bridgehead atoms. The minimum absolute atomic E-state index is 0.308. The van der Waals surface area contributed by atoms with Crippen molar-refractivity contribution in [3.05, 3.63) is 111 Å². The van der Waals surface area contributed by atoms with Gasteiger partial charge in [-0.3, -0.25) is 4.79 Å². The van der Waals surface area contributed by atoms with E-state index in [1.807, 2.05) is 60.7 Å². The molecule has 0 aliphatic heterocycles. The highest BCUT2D eigenvalue weighted by Gasteiger charge is 2.17. The van der Waals surface area contributed by atoms with Crippen molar-refractivity contribution in [2.75, 3.05) is 0 Å². The summed E-state index contributed by atoms with van der Waals surface area (Å²) in [5.74, 6) is -0.308. The summed E-state index contributed by atoms with van der Waals surface area (Å²) in [5, 5.41) is 7.88. The number of nitrogens with one attached hydrogen (secondary N) is 1. The van der Waals surface area contributed by atoms with Crippen LogP contribution >= 0.6 is 34.3 Å². The van der Waals surface area contributed by atoms with Gasteiger partial charge in [0, 0.05) is 15.5 Å². The summed E-state index contributed by atoms with van der Waals surface area (Å²) in [6.45, 7) is 0.646. The zero-order chi connectivity index (χ0) is 21.9. The quantitative estimate of drug-likeness (QED) is 0.294. The van der Waals surface area contributed by atoms with Gasteiger partial charge in [-0.05, 0) is 17.2 Å². The molecule has 5 rings (SSSR count). The number of amides is 1. The monoisotopic (exact) mass is 475 g/mol. The van der Waals surface area contributed by atoms with Crippen LogP contribution in [0.2, 0.25) is 5.02 Å². The van der Waals surface area contributed by atoms with Gasteiger partial charge in [0.15, 0.2) is 0 Å². The van der Waals surface area contributed by atoms with Crippen molar-refractivity contribution in [3.63, 3.8) is 0 Å². The molecule has 1 N–H and O–H groups in total. The van der Waals surface area contributed by atoms with E-state index in [0.717, 1.165) is 26.9 Å². The molecule has 0 saturated carbocycles. The molecule has 32 heavy (non-hydrogen) atoms. The first kappa shape index (κ1) is 20.7. The van der Waals surface area contributed by atoms with E-state index in [1.54, 1.807) is 0 Å². The lowest BCUT2D eigenvalue weighted by atomic mass is 10.1. The Labute approximate surface area is 198 Å². The van der Waals surface area contributed by atoms with Crippen LogP contribution in [0.1, 0.15) is 15.2 Å². The van der Waals surface area contributed by atoms with Gasteiger partial charge >= 0.3 is 0 Å². The van der Waals surface area contributed by atoms with Gasteiger partial charge in [0.05, 0.1) is 17.3 Å². The topological polar surface area (TPSA) is 46.4 Å². The third-order valence-electron chi connectivity index (χ3n) is 5.04. The van der Waals surface area contributed by atoms with E-state index in [0.29, 0.717) is 21.2 Å². The highest BCUT2D eigenvalue weighted by molar-refractivity contribution is 7.21. The molecular formula is C25H18ClN3OS2. The number of thiophene rings is 1. The van der Waals surface area contributed by atoms with E-state index < -0.39 is 0 Å². The molecule has 0 atom stereocenters. The molecule has 0 spiro atoms. The number of halogens is 1. The first-order valence-electron chi connectivity index (χ1n) is 9.99. The zero-order valence-corrected chi connectivity index (χ0v) is 19.3. The lowest BCUT2D eigenvalue weighted by Crippen LogP contribution is -2.24. The molecule has 0 aliphatic carbocycles. The summed E-state index contributed by atoms with van der Waals surface area (Å²) < 4.78 is 3.09. The molecule has 5 aromatic rings. The maximum absolute atomic E-state index is 12.9. The third-order valence-corrected chi connectivity index (χ3v) is 7.58. The van der Waals surface area contributed by atoms with Gasteiger partial charge in [-0.15, -0.1) is 27.8 Å². The molecule has 4 nitrogen and oxygen atoms in total. The molecule has 2 heterocycles. The average Bonchev–Trinajstić information content (AvgIpc) is 3.40. The molecule has 158 valence electrons. The average molecular weight is 476 g/mol. The highest BCUT2D eigenvalue weighted by atomic mass is 35.5.